The molecule has 1 N–H and O–H groups in total. The SMILES string of the molecule is Cc1c(Br)cccc1C(=O)NCCOCC(F)(F)F. The monoisotopic (exact) mass is 339 g/mol. The molecule has 0 bridgehead atoms. The fourth-order valence-electron chi connectivity index (χ4n) is 1.37. The van der Waals surface area contributed by atoms with Crippen LogP contribution in [-0.2, 0) is 4.74 Å². The van der Waals surface area contributed by atoms with E-state index in [4.69, 9.17) is 0 Å². The summed E-state index contributed by atoms with van der Waals surface area (Å²) in [6.45, 7) is 0.317. The molecule has 0 aliphatic heterocycles. The maximum atomic E-state index is 11.8. The molecule has 0 saturated heterocycles. The summed E-state index contributed by atoms with van der Waals surface area (Å²) in [4.78, 5) is 11.8. The lowest BCUT2D eigenvalue weighted by molar-refractivity contribution is -0.173. The minimum absolute atomic E-state index is 0.0286. The molecule has 0 spiro atoms. The van der Waals surface area contributed by atoms with Crippen LogP contribution in [-0.4, -0.2) is 31.8 Å². The van der Waals surface area contributed by atoms with E-state index in [2.05, 4.69) is 26.0 Å². The fraction of sp³-hybridized carbons (Fsp3) is 0.417. The van der Waals surface area contributed by atoms with Crippen LogP contribution in [0.1, 0.15) is 15.9 Å². The van der Waals surface area contributed by atoms with Gasteiger partial charge in [0.25, 0.3) is 5.91 Å². The number of halogens is 4. The molecule has 3 nitrogen and oxygen atoms in total. The summed E-state index contributed by atoms with van der Waals surface area (Å²) in [5.41, 5.74) is 1.25. The predicted octanol–water partition coefficient (Wildman–Crippen LogP) is 3.07. The Hall–Kier alpha value is -1.08. The number of ether oxygens (including phenoxy) is 1. The maximum absolute atomic E-state index is 11.8. The third kappa shape index (κ3) is 5.61. The average Bonchev–Trinajstić information content (AvgIpc) is 2.30. The number of amides is 1. The summed E-state index contributed by atoms with van der Waals surface area (Å²) in [6.07, 6.45) is -4.34. The minimum atomic E-state index is -4.34. The molecule has 1 aromatic rings. The Morgan fingerprint density at radius 1 is 1.42 bits per heavy atom. The molecule has 19 heavy (non-hydrogen) atoms. The number of rotatable bonds is 5. The van der Waals surface area contributed by atoms with Gasteiger partial charge in [-0.25, -0.2) is 0 Å². The highest BCUT2D eigenvalue weighted by molar-refractivity contribution is 9.10. The zero-order chi connectivity index (χ0) is 14.5. The van der Waals surface area contributed by atoms with Crippen molar-refractivity contribution >= 4 is 21.8 Å². The summed E-state index contributed by atoms with van der Waals surface area (Å²) in [5, 5.41) is 2.50. The highest BCUT2D eigenvalue weighted by Gasteiger charge is 2.27. The third-order valence-corrected chi connectivity index (χ3v) is 3.17. The lowest BCUT2D eigenvalue weighted by atomic mass is 10.1. The number of hydrogen-bond acceptors (Lipinski definition) is 2. The molecule has 0 atom stereocenters. The Kier molecular flexibility index (Phi) is 5.81. The van der Waals surface area contributed by atoms with Crippen LogP contribution in [0.5, 0.6) is 0 Å². The van der Waals surface area contributed by atoms with Gasteiger partial charge in [0.1, 0.15) is 6.61 Å². The molecule has 7 heteroatoms. The highest BCUT2D eigenvalue weighted by atomic mass is 79.9. The van der Waals surface area contributed by atoms with Crippen molar-refractivity contribution in [3.05, 3.63) is 33.8 Å². The molecule has 0 aliphatic rings. The highest BCUT2D eigenvalue weighted by Crippen LogP contribution is 2.19. The van der Waals surface area contributed by atoms with Gasteiger partial charge < -0.3 is 10.1 Å². The Balaban J connectivity index is 2.38. The van der Waals surface area contributed by atoms with E-state index in [0.29, 0.717) is 5.56 Å². The topological polar surface area (TPSA) is 38.3 Å². The quantitative estimate of drug-likeness (QED) is 0.837. The van der Waals surface area contributed by atoms with E-state index in [0.717, 1.165) is 10.0 Å². The van der Waals surface area contributed by atoms with E-state index in [-0.39, 0.29) is 19.1 Å². The van der Waals surface area contributed by atoms with Gasteiger partial charge in [0.05, 0.1) is 6.61 Å². The molecule has 0 aromatic heterocycles. The van der Waals surface area contributed by atoms with Gasteiger partial charge in [-0.15, -0.1) is 0 Å². The van der Waals surface area contributed by atoms with Gasteiger partial charge in [0.15, 0.2) is 0 Å². The second kappa shape index (κ2) is 6.91. The first-order valence-electron chi connectivity index (χ1n) is 5.49. The van der Waals surface area contributed by atoms with Crippen LogP contribution in [0.25, 0.3) is 0 Å². The van der Waals surface area contributed by atoms with Crippen LogP contribution in [0.3, 0.4) is 0 Å². The molecule has 1 aromatic carbocycles. The standard InChI is InChI=1S/C12H13BrF3NO2/c1-8-9(3-2-4-10(8)13)11(18)17-5-6-19-7-12(14,15)16/h2-4H,5-7H2,1H3,(H,17,18). The second-order valence-corrected chi connectivity index (χ2v) is 4.69. The van der Waals surface area contributed by atoms with Crippen molar-refractivity contribution in [2.24, 2.45) is 0 Å². The maximum Gasteiger partial charge on any atom is 0.411 e. The molecular formula is C12H13BrF3NO2. The van der Waals surface area contributed by atoms with Crippen molar-refractivity contribution in [3.8, 4) is 0 Å². The smallest absolute Gasteiger partial charge is 0.370 e. The average molecular weight is 340 g/mol. The van der Waals surface area contributed by atoms with Crippen molar-refractivity contribution in [1.29, 1.82) is 0 Å². The minimum Gasteiger partial charge on any atom is -0.370 e. The van der Waals surface area contributed by atoms with E-state index in [1.54, 1.807) is 25.1 Å². The number of nitrogens with one attached hydrogen (secondary N) is 1. The van der Waals surface area contributed by atoms with Gasteiger partial charge >= 0.3 is 6.18 Å². The molecular weight excluding hydrogens is 327 g/mol. The first-order valence-corrected chi connectivity index (χ1v) is 6.28. The Morgan fingerprint density at radius 2 is 2.11 bits per heavy atom. The van der Waals surface area contributed by atoms with Gasteiger partial charge in [-0.1, -0.05) is 22.0 Å². The molecule has 0 saturated carbocycles. The lowest BCUT2D eigenvalue weighted by Gasteiger charge is -2.10. The van der Waals surface area contributed by atoms with Gasteiger partial charge in [-0.05, 0) is 24.6 Å². The van der Waals surface area contributed by atoms with Crippen LogP contribution < -0.4 is 5.32 Å². The van der Waals surface area contributed by atoms with E-state index in [9.17, 15) is 18.0 Å². The second-order valence-electron chi connectivity index (χ2n) is 3.84. The Morgan fingerprint density at radius 3 is 2.74 bits per heavy atom. The molecule has 1 rings (SSSR count). The zero-order valence-electron chi connectivity index (χ0n) is 10.2. The van der Waals surface area contributed by atoms with Crippen LogP contribution in [0.2, 0.25) is 0 Å². The van der Waals surface area contributed by atoms with Crippen molar-refractivity contribution in [2.75, 3.05) is 19.8 Å². The van der Waals surface area contributed by atoms with Crippen molar-refractivity contribution in [3.63, 3.8) is 0 Å². The fourth-order valence-corrected chi connectivity index (χ4v) is 1.74. The Bertz CT molecular complexity index is 449. The molecule has 0 radical (unpaired) electrons. The first kappa shape index (κ1) is 16.0. The van der Waals surface area contributed by atoms with E-state index in [1.807, 2.05) is 0 Å². The predicted molar refractivity (Wildman–Crippen MR) is 68.1 cm³/mol. The first-order chi connectivity index (χ1) is 8.81. The van der Waals surface area contributed by atoms with E-state index >= 15 is 0 Å². The molecule has 1 amide bonds. The van der Waals surface area contributed by atoms with Gasteiger partial charge in [-0.3, -0.25) is 4.79 Å². The zero-order valence-corrected chi connectivity index (χ0v) is 11.8. The van der Waals surface area contributed by atoms with E-state index in [1.165, 1.54) is 0 Å². The van der Waals surface area contributed by atoms with Crippen molar-refractivity contribution in [2.45, 2.75) is 13.1 Å². The molecule has 0 heterocycles. The van der Waals surface area contributed by atoms with Crippen molar-refractivity contribution in [1.82, 2.24) is 5.32 Å². The van der Waals surface area contributed by atoms with Gasteiger partial charge in [0.2, 0.25) is 0 Å². The third-order valence-electron chi connectivity index (χ3n) is 2.31. The summed E-state index contributed by atoms with van der Waals surface area (Å²) in [7, 11) is 0. The molecule has 0 unspecified atom stereocenters. The summed E-state index contributed by atoms with van der Waals surface area (Å²) in [5.74, 6) is -0.339. The summed E-state index contributed by atoms with van der Waals surface area (Å²) in [6, 6.07) is 5.16. The number of benzene rings is 1. The molecule has 106 valence electrons. The number of alkyl halides is 3. The van der Waals surface area contributed by atoms with Crippen molar-refractivity contribution < 1.29 is 22.7 Å². The number of hydrogen-bond donors (Lipinski definition) is 1. The van der Waals surface area contributed by atoms with Gasteiger partial charge in [0, 0.05) is 16.6 Å². The molecule has 0 fully saturated rings. The summed E-state index contributed by atoms with van der Waals surface area (Å²) >= 11 is 3.30. The van der Waals surface area contributed by atoms with Crippen LogP contribution in [0.4, 0.5) is 13.2 Å². The van der Waals surface area contributed by atoms with Crippen LogP contribution in [0, 0.1) is 6.92 Å². The number of carbonyl (C=O) groups is 1. The summed E-state index contributed by atoms with van der Waals surface area (Å²) < 4.78 is 40.5. The lowest BCUT2D eigenvalue weighted by Crippen LogP contribution is -2.29. The van der Waals surface area contributed by atoms with Gasteiger partial charge in [-0.2, -0.15) is 13.2 Å². The van der Waals surface area contributed by atoms with Crippen LogP contribution >= 0.6 is 15.9 Å². The van der Waals surface area contributed by atoms with Crippen LogP contribution in [0.15, 0.2) is 22.7 Å². The number of carbonyl (C=O) groups excluding carboxylic acids is 1. The van der Waals surface area contributed by atoms with E-state index < -0.39 is 12.8 Å². The molecule has 0 aliphatic carbocycles. The Labute approximate surface area is 117 Å². The largest absolute Gasteiger partial charge is 0.411 e. The normalized spacial score (nSPS) is 11.4.